The second-order valence-electron chi connectivity index (χ2n) is 8.14. The third kappa shape index (κ3) is 21.0. The zero-order valence-corrected chi connectivity index (χ0v) is 27.6. The Hall–Kier alpha value is -1.77. The second-order valence-corrected chi connectivity index (χ2v) is 10.5. The summed E-state index contributed by atoms with van der Waals surface area (Å²) in [5.41, 5.74) is 2.12. The Balaban J connectivity index is 0. The van der Waals surface area contributed by atoms with Gasteiger partial charge in [0.1, 0.15) is 0 Å². The van der Waals surface area contributed by atoms with Crippen LogP contribution in [0.3, 0.4) is 0 Å². The quantitative estimate of drug-likeness (QED) is 0.153. The molecular weight excluding hydrogens is 777 g/mol. The van der Waals surface area contributed by atoms with Crippen LogP contribution in [0, 0.1) is 5.41 Å². The molecule has 40 heavy (non-hydrogen) atoms. The Kier molecular flexibility index (Phi) is 25.2. The zero-order chi connectivity index (χ0) is 29.5. The summed E-state index contributed by atoms with van der Waals surface area (Å²) in [6, 6.07) is 5.77. The van der Waals surface area contributed by atoms with E-state index in [0.717, 1.165) is 16.7 Å². The average Bonchev–Trinajstić information content (AvgIpc) is 3.72. The van der Waals surface area contributed by atoms with Gasteiger partial charge in [0.2, 0.25) is 0 Å². The van der Waals surface area contributed by atoms with Gasteiger partial charge < -0.3 is 50.1 Å². The first-order valence-electron chi connectivity index (χ1n) is 11.7. The number of rotatable bonds is 13. The zero-order valence-electron chi connectivity index (χ0n) is 21.7. The van der Waals surface area contributed by atoms with Gasteiger partial charge in [0.25, 0.3) is 0 Å². The standard InChI is InChI=1S/3C7H8O2S.C5H12O4.Bi/c3*8-7(9)2-1-6-3-4-10-5-6;6-1-5(2-7,3-8)4-9;/h3*3-5H,1-2H2,(H,8,9);6-9H,1-4H2;/q;;;;+3/p-3. The molecule has 2 radical (unpaired) electrons. The van der Waals surface area contributed by atoms with Crippen molar-refractivity contribution in [3.05, 3.63) is 67.2 Å². The van der Waals surface area contributed by atoms with E-state index in [0.29, 0.717) is 19.3 Å². The maximum atomic E-state index is 9.99. The third-order valence-electron chi connectivity index (χ3n) is 4.94. The molecule has 0 bridgehead atoms. The number of carbonyl (C=O) groups excluding carboxylic acids is 3. The Labute approximate surface area is 264 Å². The Morgan fingerprint density at radius 3 is 0.950 bits per heavy atom. The molecule has 3 aromatic rings. The van der Waals surface area contributed by atoms with E-state index in [4.69, 9.17) is 20.4 Å². The molecule has 0 spiro atoms. The van der Waals surface area contributed by atoms with Gasteiger partial charge in [0, 0.05) is 17.9 Å². The van der Waals surface area contributed by atoms with Crippen molar-refractivity contribution < 1.29 is 50.1 Å². The number of carbonyl (C=O) groups is 3. The first-order chi connectivity index (χ1) is 18.6. The van der Waals surface area contributed by atoms with Gasteiger partial charge in [-0.1, -0.05) is 0 Å². The normalized spacial score (nSPS) is 9.90. The number of carboxylic acids is 3. The van der Waals surface area contributed by atoms with Crippen LogP contribution in [-0.4, -0.2) is 91.0 Å². The van der Waals surface area contributed by atoms with E-state index in [-0.39, 0.29) is 45.5 Å². The molecule has 0 aliphatic rings. The number of aliphatic hydroxyl groups excluding tert-OH is 4. The van der Waals surface area contributed by atoms with Crippen molar-refractivity contribution in [3.8, 4) is 0 Å². The van der Waals surface area contributed by atoms with Crippen LogP contribution in [0.1, 0.15) is 36.0 Å². The molecule has 3 aromatic heterocycles. The summed E-state index contributed by atoms with van der Waals surface area (Å²) in [4.78, 5) is 30.0. The minimum atomic E-state index is -1.11. The summed E-state index contributed by atoms with van der Waals surface area (Å²) in [5, 5.41) is 75.6. The van der Waals surface area contributed by atoms with Gasteiger partial charge in [-0.2, -0.15) is 34.0 Å². The summed E-state index contributed by atoms with van der Waals surface area (Å²) < 4.78 is 0. The van der Waals surface area contributed by atoms with E-state index < -0.39 is 49.8 Å². The van der Waals surface area contributed by atoms with Crippen LogP contribution in [0.5, 0.6) is 0 Å². The van der Waals surface area contributed by atoms with E-state index in [9.17, 15) is 29.7 Å². The van der Waals surface area contributed by atoms with Crippen molar-refractivity contribution in [1.82, 2.24) is 0 Å². The summed E-state index contributed by atoms with van der Waals surface area (Å²) in [5.74, 6) is -2.94. The Morgan fingerprint density at radius 2 is 0.825 bits per heavy atom. The molecule has 0 saturated heterocycles. The summed E-state index contributed by atoms with van der Waals surface area (Å²) in [7, 11) is 0. The van der Waals surface area contributed by atoms with Crippen LogP contribution in [0.4, 0.5) is 0 Å². The van der Waals surface area contributed by atoms with Gasteiger partial charge in [-0.25, -0.2) is 0 Å². The van der Waals surface area contributed by atoms with Gasteiger partial charge in [-0.05, 0) is 106 Å². The number of aryl methyl sites for hydroxylation is 3. The second kappa shape index (κ2) is 25.0. The SMILES string of the molecule is O=C([O-])CCc1ccsc1.O=C([O-])CCc1ccsc1.O=C([O-])CCc1ccsc1.OCC(CO)(CO)CO.[Bi+3]. The molecule has 0 amide bonds. The molecular formula is C26H33BiO10S3. The first-order valence-corrected chi connectivity index (χ1v) is 14.5. The topological polar surface area (TPSA) is 201 Å². The van der Waals surface area contributed by atoms with E-state index in [1.165, 1.54) is 0 Å². The number of aliphatic carboxylic acids is 3. The predicted octanol–water partition coefficient (Wildman–Crippen LogP) is -1.15. The van der Waals surface area contributed by atoms with E-state index in [1.807, 2.05) is 50.5 Å². The number of hydrogen-bond acceptors (Lipinski definition) is 13. The van der Waals surface area contributed by atoms with Crippen molar-refractivity contribution in [2.75, 3.05) is 26.4 Å². The van der Waals surface area contributed by atoms with Crippen LogP contribution in [0.2, 0.25) is 0 Å². The van der Waals surface area contributed by atoms with E-state index >= 15 is 0 Å². The van der Waals surface area contributed by atoms with Crippen molar-refractivity contribution in [2.45, 2.75) is 38.5 Å². The first kappa shape index (κ1) is 40.4. The molecule has 14 heteroatoms. The van der Waals surface area contributed by atoms with Crippen molar-refractivity contribution >= 4 is 78.1 Å². The molecule has 0 atom stereocenters. The number of carboxylic acid groups (broad SMARTS) is 3. The van der Waals surface area contributed by atoms with Gasteiger partial charge >= 0.3 is 26.2 Å². The van der Waals surface area contributed by atoms with Crippen LogP contribution in [-0.2, 0) is 33.6 Å². The summed E-state index contributed by atoms with van der Waals surface area (Å²) >= 11 is 4.73. The molecule has 0 aliphatic heterocycles. The minimum absolute atomic E-state index is 0. The number of thiophene rings is 3. The number of aliphatic hydroxyl groups is 4. The van der Waals surface area contributed by atoms with Crippen LogP contribution < -0.4 is 15.3 Å². The maximum Gasteiger partial charge on any atom is 3.00 e. The third-order valence-corrected chi connectivity index (χ3v) is 7.13. The monoisotopic (exact) mass is 810 g/mol. The molecule has 220 valence electrons. The fraction of sp³-hybridized carbons (Fsp3) is 0.423. The van der Waals surface area contributed by atoms with Gasteiger partial charge in [-0.3, -0.25) is 0 Å². The Bertz CT molecular complexity index is 874. The summed E-state index contributed by atoms with van der Waals surface area (Å²) in [6.07, 6.45) is 2.13. The van der Waals surface area contributed by atoms with Crippen LogP contribution in [0.25, 0.3) is 0 Å². The van der Waals surface area contributed by atoms with Gasteiger partial charge in [-0.15, -0.1) is 0 Å². The largest absolute Gasteiger partial charge is 3.00 e. The van der Waals surface area contributed by atoms with E-state index in [1.54, 1.807) is 34.0 Å². The average molecular weight is 811 g/mol. The molecule has 3 heterocycles. The maximum absolute atomic E-state index is 9.99. The van der Waals surface area contributed by atoms with Gasteiger partial charge in [0.05, 0.1) is 31.8 Å². The van der Waals surface area contributed by atoms with Crippen molar-refractivity contribution in [3.63, 3.8) is 0 Å². The molecule has 0 aliphatic carbocycles. The fourth-order valence-electron chi connectivity index (χ4n) is 2.34. The fourth-order valence-corrected chi connectivity index (χ4v) is 4.45. The van der Waals surface area contributed by atoms with Gasteiger partial charge in [0.15, 0.2) is 0 Å². The molecule has 0 saturated carbocycles. The predicted molar refractivity (Wildman–Crippen MR) is 149 cm³/mol. The number of hydrogen-bond donors (Lipinski definition) is 4. The molecule has 3 rings (SSSR count). The molecule has 0 fully saturated rings. The molecule has 10 nitrogen and oxygen atoms in total. The Morgan fingerprint density at radius 1 is 0.575 bits per heavy atom. The van der Waals surface area contributed by atoms with E-state index in [2.05, 4.69) is 0 Å². The van der Waals surface area contributed by atoms with Crippen molar-refractivity contribution in [2.24, 2.45) is 5.41 Å². The smallest absolute Gasteiger partial charge is 0.550 e. The van der Waals surface area contributed by atoms with Crippen molar-refractivity contribution in [1.29, 1.82) is 0 Å². The van der Waals surface area contributed by atoms with Crippen LogP contribution >= 0.6 is 34.0 Å². The molecule has 4 N–H and O–H groups in total. The minimum Gasteiger partial charge on any atom is -0.550 e. The van der Waals surface area contributed by atoms with Crippen LogP contribution in [0.15, 0.2) is 50.5 Å². The summed E-state index contributed by atoms with van der Waals surface area (Å²) in [6.45, 7) is -1.62. The molecule has 0 aromatic carbocycles. The molecule has 0 unspecified atom stereocenters.